The molecule has 1 aromatic carbocycles. The molecule has 2 aromatic rings. The number of rotatable bonds is 7. The first-order valence-corrected chi connectivity index (χ1v) is 10.0. The van der Waals surface area contributed by atoms with Crippen molar-refractivity contribution < 1.29 is 18.7 Å². The zero-order valence-corrected chi connectivity index (χ0v) is 16.8. The van der Waals surface area contributed by atoms with Crippen molar-refractivity contribution in [2.24, 2.45) is 5.92 Å². The van der Waals surface area contributed by atoms with E-state index in [-0.39, 0.29) is 18.3 Å². The Labute approximate surface area is 169 Å². The molecule has 2 fully saturated rings. The van der Waals surface area contributed by atoms with Crippen molar-refractivity contribution in [3.8, 4) is 11.3 Å². The highest BCUT2D eigenvalue weighted by Crippen LogP contribution is 2.33. The monoisotopic (exact) mass is 399 g/mol. The highest BCUT2D eigenvalue weighted by molar-refractivity contribution is 5.69. The Hall–Kier alpha value is -2.51. The summed E-state index contributed by atoms with van der Waals surface area (Å²) in [6, 6.07) is 7.70. The third-order valence-corrected chi connectivity index (χ3v) is 5.66. The predicted octanol–water partition coefficient (Wildman–Crippen LogP) is 3.99. The summed E-state index contributed by atoms with van der Waals surface area (Å²) in [5, 5.41) is 0. The van der Waals surface area contributed by atoms with E-state index < -0.39 is 5.83 Å². The van der Waals surface area contributed by atoms with Gasteiger partial charge in [-0.05, 0) is 12.8 Å². The summed E-state index contributed by atoms with van der Waals surface area (Å²) in [4.78, 5) is 17.4. The van der Waals surface area contributed by atoms with E-state index in [4.69, 9.17) is 9.47 Å². The molecule has 2 aliphatic rings. The van der Waals surface area contributed by atoms with Crippen LogP contribution >= 0.6 is 0 Å². The number of likely N-dealkylation sites (N-methyl/N-ethyl adjacent to an activating group) is 1. The quantitative estimate of drug-likeness (QED) is 0.659. The highest BCUT2D eigenvalue weighted by Gasteiger charge is 2.32. The molecular formula is C22H26FN3O3. The Morgan fingerprint density at radius 1 is 1.34 bits per heavy atom. The molecule has 1 aliphatic carbocycles. The van der Waals surface area contributed by atoms with E-state index in [1.807, 2.05) is 31.2 Å². The van der Waals surface area contributed by atoms with Crippen molar-refractivity contribution in [1.82, 2.24) is 14.5 Å². The molecule has 4 rings (SSSR count). The Morgan fingerprint density at radius 2 is 2.10 bits per heavy atom. The van der Waals surface area contributed by atoms with E-state index >= 15 is 0 Å². The Morgan fingerprint density at radius 3 is 2.76 bits per heavy atom. The van der Waals surface area contributed by atoms with Crippen molar-refractivity contribution in [3.05, 3.63) is 48.1 Å². The molecule has 0 spiro atoms. The maximum Gasteiger partial charge on any atom is 0.219 e. The van der Waals surface area contributed by atoms with Gasteiger partial charge in [-0.2, -0.15) is 0 Å². The van der Waals surface area contributed by atoms with Crippen LogP contribution in [-0.4, -0.2) is 47.0 Å². The predicted molar refractivity (Wildman–Crippen MR) is 108 cm³/mol. The van der Waals surface area contributed by atoms with Gasteiger partial charge in [0.2, 0.25) is 6.41 Å². The summed E-state index contributed by atoms with van der Waals surface area (Å²) < 4.78 is 27.7. The molecule has 0 amide bonds. The molecule has 2 heterocycles. The second-order valence-corrected chi connectivity index (χ2v) is 7.86. The van der Waals surface area contributed by atoms with Gasteiger partial charge in [0.05, 0.1) is 12.3 Å². The SMILES string of the molecule is Cc1ccc(-c2cn(C=O)c(/C(F)=C\N(C)C3COC(CC4CCC4)O3)n2)cc1. The topological polar surface area (TPSA) is 56.6 Å². The van der Waals surface area contributed by atoms with Crippen molar-refractivity contribution in [3.63, 3.8) is 0 Å². The van der Waals surface area contributed by atoms with Crippen LogP contribution in [0.25, 0.3) is 17.1 Å². The van der Waals surface area contributed by atoms with Crippen molar-refractivity contribution >= 4 is 12.2 Å². The average molecular weight is 399 g/mol. The number of ether oxygens (including phenoxy) is 2. The second kappa shape index (κ2) is 8.47. The Kier molecular flexibility index (Phi) is 5.78. The number of aromatic nitrogens is 2. The van der Waals surface area contributed by atoms with E-state index in [0.717, 1.165) is 22.1 Å². The fourth-order valence-corrected chi connectivity index (χ4v) is 3.61. The van der Waals surface area contributed by atoms with Gasteiger partial charge in [-0.1, -0.05) is 49.1 Å². The molecule has 154 valence electrons. The number of carbonyl (C=O) groups excluding carboxylic acids is 1. The summed E-state index contributed by atoms with van der Waals surface area (Å²) in [6.45, 7) is 2.37. The number of carbonyl (C=O) groups is 1. The van der Waals surface area contributed by atoms with Gasteiger partial charge in [0.15, 0.2) is 24.2 Å². The number of halogens is 1. The van der Waals surface area contributed by atoms with E-state index in [2.05, 4.69) is 4.98 Å². The minimum Gasteiger partial charge on any atom is -0.351 e. The van der Waals surface area contributed by atoms with Crippen LogP contribution in [-0.2, 0) is 14.3 Å². The first kappa shape index (κ1) is 19.8. The lowest BCUT2D eigenvalue weighted by molar-refractivity contribution is -0.0957. The van der Waals surface area contributed by atoms with Gasteiger partial charge < -0.3 is 14.4 Å². The standard InChI is InChI=1S/C22H26FN3O3/c1-15-6-8-17(9-7-15)19-12-26(14-27)22(24-19)18(23)11-25(2)20-13-28-21(29-20)10-16-4-3-5-16/h6-9,11-12,14,16,20-21H,3-5,10,13H2,1-2H3/b18-11+. The fraction of sp³-hybridized carbons (Fsp3) is 0.455. The number of imidazole rings is 1. The number of hydrogen-bond acceptors (Lipinski definition) is 5. The van der Waals surface area contributed by atoms with E-state index in [1.54, 1.807) is 11.9 Å². The van der Waals surface area contributed by atoms with Crippen LogP contribution in [0, 0.1) is 12.8 Å². The maximum absolute atomic E-state index is 14.9. The van der Waals surface area contributed by atoms with Crippen molar-refractivity contribution in [2.45, 2.75) is 45.1 Å². The Bertz CT molecular complexity index is 889. The smallest absolute Gasteiger partial charge is 0.219 e. The van der Waals surface area contributed by atoms with Gasteiger partial charge in [0.1, 0.15) is 0 Å². The van der Waals surface area contributed by atoms with Crippen molar-refractivity contribution in [1.29, 1.82) is 0 Å². The first-order valence-electron chi connectivity index (χ1n) is 10.0. The van der Waals surface area contributed by atoms with E-state index in [0.29, 0.717) is 24.6 Å². The molecule has 1 aliphatic heterocycles. The van der Waals surface area contributed by atoms with Crippen LogP contribution < -0.4 is 0 Å². The lowest BCUT2D eigenvalue weighted by atomic mass is 9.83. The molecule has 6 nitrogen and oxygen atoms in total. The summed E-state index contributed by atoms with van der Waals surface area (Å²) >= 11 is 0. The molecule has 1 saturated carbocycles. The van der Waals surface area contributed by atoms with Gasteiger partial charge >= 0.3 is 0 Å². The number of benzene rings is 1. The van der Waals surface area contributed by atoms with Gasteiger partial charge in [0, 0.05) is 31.4 Å². The highest BCUT2D eigenvalue weighted by atomic mass is 19.1. The molecule has 2 atom stereocenters. The minimum absolute atomic E-state index is 0.0349. The Balaban J connectivity index is 1.46. The number of aryl methyl sites for hydroxylation is 1. The molecule has 0 N–H and O–H groups in total. The van der Waals surface area contributed by atoms with Gasteiger partial charge in [-0.15, -0.1) is 0 Å². The lowest BCUT2D eigenvalue weighted by Crippen LogP contribution is -2.30. The molecule has 2 unspecified atom stereocenters. The summed E-state index contributed by atoms with van der Waals surface area (Å²) in [5.41, 5.74) is 2.48. The largest absolute Gasteiger partial charge is 0.351 e. The first-order chi connectivity index (χ1) is 14.0. The second-order valence-electron chi connectivity index (χ2n) is 7.86. The molecule has 1 saturated heterocycles. The lowest BCUT2D eigenvalue weighted by Gasteiger charge is -2.27. The third kappa shape index (κ3) is 4.41. The van der Waals surface area contributed by atoms with Crippen LogP contribution in [0.3, 0.4) is 0 Å². The van der Waals surface area contributed by atoms with Crippen LogP contribution in [0.2, 0.25) is 0 Å². The van der Waals surface area contributed by atoms with Gasteiger partial charge in [-0.3, -0.25) is 9.36 Å². The fourth-order valence-electron chi connectivity index (χ4n) is 3.61. The minimum atomic E-state index is -0.607. The molecule has 7 heteroatoms. The maximum atomic E-state index is 14.9. The number of hydrogen-bond donors (Lipinski definition) is 0. The molecule has 1 aromatic heterocycles. The zero-order chi connectivity index (χ0) is 20.4. The third-order valence-electron chi connectivity index (χ3n) is 5.66. The van der Waals surface area contributed by atoms with E-state index in [9.17, 15) is 9.18 Å². The molecular weight excluding hydrogens is 373 g/mol. The molecule has 0 bridgehead atoms. The summed E-state index contributed by atoms with van der Waals surface area (Å²) in [7, 11) is 1.73. The van der Waals surface area contributed by atoms with Crippen LogP contribution in [0.1, 0.15) is 37.1 Å². The molecule has 0 radical (unpaired) electrons. The summed E-state index contributed by atoms with van der Waals surface area (Å²) in [6.07, 6.45) is 7.44. The van der Waals surface area contributed by atoms with Crippen molar-refractivity contribution in [2.75, 3.05) is 13.7 Å². The zero-order valence-electron chi connectivity index (χ0n) is 16.8. The summed E-state index contributed by atoms with van der Waals surface area (Å²) in [5.74, 6) is 0.0351. The molecule has 29 heavy (non-hydrogen) atoms. The van der Waals surface area contributed by atoms with Crippen LogP contribution in [0.4, 0.5) is 4.39 Å². The normalized spacial score (nSPS) is 22.5. The van der Waals surface area contributed by atoms with Gasteiger partial charge in [0.25, 0.3) is 0 Å². The van der Waals surface area contributed by atoms with E-state index in [1.165, 1.54) is 31.7 Å². The van der Waals surface area contributed by atoms with Gasteiger partial charge in [-0.25, -0.2) is 9.37 Å². The average Bonchev–Trinajstić information content (AvgIpc) is 3.32. The van der Waals surface area contributed by atoms with Crippen LogP contribution in [0.5, 0.6) is 0 Å². The number of nitrogens with zero attached hydrogens (tertiary/aromatic N) is 3. The van der Waals surface area contributed by atoms with Crippen LogP contribution in [0.15, 0.2) is 36.7 Å².